The van der Waals surface area contributed by atoms with Crippen LogP contribution in [0.25, 0.3) is 0 Å². The summed E-state index contributed by atoms with van der Waals surface area (Å²) < 4.78 is 29.8. The van der Waals surface area contributed by atoms with Gasteiger partial charge in [-0.1, -0.05) is 11.3 Å². The minimum absolute atomic E-state index is 0.0807. The first-order chi connectivity index (χ1) is 15.9. The quantitative estimate of drug-likeness (QED) is 0.560. The molecule has 1 amide bonds. The lowest BCUT2D eigenvalue weighted by Crippen LogP contribution is -2.39. The molecule has 2 aromatic rings. The number of carbonyl (C=O) groups is 1. The van der Waals surface area contributed by atoms with Gasteiger partial charge in [0.15, 0.2) is 6.61 Å². The lowest BCUT2D eigenvalue weighted by molar-refractivity contribution is -0.121. The molecule has 2 aliphatic rings. The molecule has 0 aromatic carbocycles. The van der Waals surface area contributed by atoms with Gasteiger partial charge in [0.2, 0.25) is 5.91 Å². The number of nitrogens with zero attached hydrogens (tertiary/aromatic N) is 3. The van der Waals surface area contributed by atoms with E-state index in [4.69, 9.17) is 4.74 Å². The maximum absolute atomic E-state index is 12.3. The highest BCUT2D eigenvalue weighted by Gasteiger charge is 2.24. The number of amides is 1. The number of alkyl halides is 2. The summed E-state index contributed by atoms with van der Waals surface area (Å²) in [6.45, 7) is 4.38. The van der Waals surface area contributed by atoms with E-state index in [9.17, 15) is 13.6 Å². The van der Waals surface area contributed by atoms with E-state index in [2.05, 4.69) is 20.2 Å². The Bertz CT molecular complexity index is 887. The maximum Gasteiger partial charge on any atom is 0.273 e. The Morgan fingerprint density at radius 2 is 2.03 bits per heavy atom. The average molecular weight is 499 g/mol. The molecule has 1 saturated carbocycles. The molecule has 0 saturated heterocycles. The second kappa shape index (κ2) is 11.7. The lowest BCUT2D eigenvalue weighted by atomic mass is 9.84. The third-order valence-corrected chi connectivity index (χ3v) is 8.38. The number of halogens is 2. The van der Waals surface area contributed by atoms with Crippen LogP contribution in [-0.4, -0.2) is 59.5 Å². The van der Waals surface area contributed by atoms with E-state index in [1.165, 1.54) is 22.6 Å². The smallest absolute Gasteiger partial charge is 0.273 e. The fraction of sp³-hybridized carbons (Fsp3) is 0.696. The number of aromatic nitrogens is 2. The number of nitrogens with one attached hydrogen (secondary N) is 1. The van der Waals surface area contributed by atoms with Crippen LogP contribution in [-0.2, 0) is 24.1 Å². The van der Waals surface area contributed by atoms with Gasteiger partial charge >= 0.3 is 0 Å². The van der Waals surface area contributed by atoms with Crippen molar-refractivity contribution >= 4 is 28.6 Å². The highest BCUT2D eigenvalue weighted by Crippen LogP contribution is 2.30. The zero-order valence-electron chi connectivity index (χ0n) is 19.0. The molecule has 0 unspecified atom stereocenters. The molecule has 0 bridgehead atoms. The van der Waals surface area contributed by atoms with Gasteiger partial charge in [0.25, 0.3) is 11.6 Å². The number of rotatable bonds is 9. The number of hydrogen-bond acceptors (Lipinski definition) is 7. The fourth-order valence-electron chi connectivity index (χ4n) is 4.70. The van der Waals surface area contributed by atoms with Gasteiger partial charge in [-0.15, -0.1) is 11.3 Å². The third kappa shape index (κ3) is 7.42. The first-order valence-electron chi connectivity index (χ1n) is 11.8. The minimum atomic E-state index is -2.47. The van der Waals surface area contributed by atoms with E-state index in [0.29, 0.717) is 17.5 Å². The summed E-state index contributed by atoms with van der Waals surface area (Å²) in [5.74, 6) is 0.793. The van der Waals surface area contributed by atoms with E-state index in [1.54, 1.807) is 11.3 Å². The van der Waals surface area contributed by atoms with E-state index in [-0.39, 0.29) is 11.9 Å². The lowest BCUT2D eigenvalue weighted by Gasteiger charge is -2.30. The van der Waals surface area contributed by atoms with Crippen molar-refractivity contribution in [2.45, 2.75) is 70.8 Å². The summed E-state index contributed by atoms with van der Waals surface area (Å²) in [4.78, 5) is 24.8. The number of hydrogen-bond donors (Lipinski definition) is 1. The van der Waals surface area contributed by atoms with E-state index in [0.717, 1.165) is 74.6 Å². The number of ether oxygens (including phenoxy) is 1. The first kappa shape index (κ1) is 24.5. The molecule has 182 valence electrons. The number of aryl methyl sites for hydroxylation is 1. The van der Waals surface area contributed by atoms with Crippen LogP contribution in [0.15, 0.2) is 5.38 Å². The van der Waals surface area contributed by atoms with Crippen molar-refractivity contribution in [3.63, 3.8) is 0 Å². The monoisotopic (exact) mass is 498 g/mol. The Morgan fingerprint density at radius 1 is 1.24 bits per heavy atom. The molecule has 2 aromatic heterocycles. The van der Waals surface area contributed by atoms with Gasteiger partial charge in [-0.05, 0) is 57.9 Å². The first-order valence-corrected chi connectivity index (χ1v) is 13.5. The summed E-state index contributed by atoms with van der Waals surface area (Å²) in [6.07, 6.45) is 5.27. The number of carbonyl (C=O) groups excluding carboxylic acids is 1. The molecular formula is C23H32F2N4O2S2. The molecule has 0 radical (unpaired) electrons. The predicted molar refractivity (Wildman–Crippen MR) is 127 cm³/mol. The van der Waals surface area contributed by atoms with E-state index < -0.39 is 13.0 Å². The van der Waals surface area contributed by atoms with Gasteiger partial charge in [-0.3, -0.25) is 4.79 Å². The zero-order valence-corrected chi connectivity index (χ0v) is 20.7. The highest BCUT2D eigenvalue weighted by molar-refractivity contribution is 7.13. The Balaban J connectivity index is 1.13. The van der Waals surface area contributed by atoms with Crippen LogP contribution < -0.4 is 10.1 Å². The van der Waals surface area contributed by atoms with Gasteiger partial charge in [-0.25, -0.2) is 18.7 Å². The van der Waals surface area contributed by atoms with Crippen LogP contribution in [0.2, 0.25) is 0 Å². The fourth-order valence-corrected chi connectivity index (χ4v) is 6.26. The summed E-state index contributed by atoms with van der Waals surface area (Å²) in [6, 6.07) is 0.287. The van der Waals surface area contributed by atoms with Crippen molar-refractivity contribution in [2.75, 3.05) is 26.2 Å². The van der Waals surface area contributed by atoms with Gasteiger partial charge in [-0.2, -0.15) is 0 Å². The molecule has 6 nitrogen and oxygen atoms in total. The summed E-state index contributed by atoms with van der Waals surface area (Å²) in [5, 5.41) is 6.53. The normalized spacial score (nSPS) is 21.6. The van der Waals surface area contributed by atoms with Crippen molar-refractivity contribution < 1.29 is 18.3 Å². The second-order valence-electron chi connectivity index (χ2n) is 9.00. The second-order valence-corrected chi connectivity index (χ2v) is 11.1. The van der Waals surface area contributed by atoms with Crippen molar-refractivity contribution in [3.05, 3.63) is 26.7 Å². The Kier molecular flexibility index (Phi) is 8.65. The zero-order chi connectivity index (χ0) is 23.2. The molecule has 0 atom stereocenters. The standard InChI is InChI=1S/C23H32F2N4O2S2/c1-15-26-18(14-32-15)12-22(30)27-17-4-2-16(3-5-17)6-9-29-10-7-19-20(8-11-29)33-23(28-19)31-13-21(24)25/h14,16-17,21H,2-13H2,1H3,(H,27,30)/t16-,17-. The van der Waals surface area contributed by atoms with Gasteiger partial charge < -0.3 is 15.0 Å². The van der Waals surface area contributed by atoms with E-state index in [1.807, 2.05) is 12.3 Å². The van der Waals surface area contributed by atoms with Gasteiger partial charge in [0.1, 0.15) is 0 Å². The van der Waals surface area contributed by atoms with Crippen LogP contribution in [0.1, 0.15) is 53.4 Å². The van der Waals surface area contributed by atoms with Gasteiger partial charge in [0.05, 0.1) is 22.8 Å². The molecule has 4 rings (SSSR count). The largest absolute Gasteiger partial charge is 0.464 e. The number of thiazole rings is 2. The highest BCUT2D eigenvalue weighted by atomic mass is 32.1. The Labute approximate surface area is 201 Å². The molecular weight excluding hydrogens is 466 g/mol. The minimum Gasteiger partial charge on any atom is -0.464 e. The van der Waals surface area contributed by atoms with Crippen LogP contribution in [0, 0.1) is 12.8 Å². The predicted octanol–water partition coefficient (Wildman–Crippen LogP) is 4.26. The molecule has 1 N–H and O–H groups in total. The summed E-state index contributed by atoms with van der Waals surface area (Å²) in [7, 11) is 0. The molecule has 33 heavy (non-hydrogen) atoms. The Morgan fingerprint density at radius 3 is 2.76 bits per heavy atom. The molecule has 1 aliphatic carbocycles. The van der Waals surface area contributed by atoms with E-state index >= 15 is 0 Å². The molecule has 1 aliphatic heterocycles. The molecule has 1 fully saturated rings. The average Bonchev–Trinajstić information content (AvgIpc) is 3.32. The topological polar surface area (TPSA) is 67.4 Å². The van der Waals surface area contributed by atoms with Crippen molar-refractivity contribution in [1.82, 2.24) is 20.2 Å². The van der Waals surface area contributed by atoms with Crippen LogP contribution in [0.4, 0.5) is 8.78 Å². The summed E-state index contributed by atoms with van der Waals surface area (Å²) in [5.41, 5.74) is 1.87. The maximum atomic E-state index is 12.3. The molecule has 0 spiro atoms. The van der Waals surface area contributed by atoms with Crippen molar-refractivity contribution in [1.29, 1.82) is 0 Å². The van der Waals surface area contributed by atoms with Crippen LogP contribution in [0.5, 0.6) is 5.19 Å². The molecule has 10 heteroatoms. The summed E-state index contributed by atoms with van der Waals surface area (Å²) >= 11 is 3.00. The SMILES string of the molecule is Cc1nc(CC(=O)N[C@H]2CC[C@H](CCN3CCc4nc(OCC(F)F)sc4CC3)CC2)cs1. The van der Waals surface area contributed by atoms with Crippen molar-refractivity contribution in [3.8, 4) is 5.19 Å². The van der Waals surface area contributed by atoms with Crippen molar-refractivity contribution in [2.24, 2.45) is 5.92 Å². The number of fused-ring (bicyclic) bond motifs is 1. The van der Waals surface area contributed by atoms with Gasteiger partial charge in [0, 0.05) is 35.8 Å². The van der Waals surface area contributed by atoms with Crippen LogP contribution >= 0.6 is 22.7 Å². The van der Waals surface area contributed by atoms with Crippen LogP contribution in [0.3, 0.4) is 0 Å². The molecule has 3 heterocycles. The Hall–Kier alpha value is -1.65. The third-order valence-electron chi connectivity index (χ3n) is 6.49.